The number of rotatable bonds is 22. The number of carbonyl (C=O) groups is 1. The molecule has 2 heterocycles. The first kappa shape index (κ1) is 49.3. The van der Waals surface area contributed by atoms with Gasteiger partial charge in [0, 0.05) is 55.4 Å². The summed E-state index contributed by atoms with van der Waals surface area (Å²) in [6.45, 7) is 5.57. The molecule has 10 nitrogen and oxygen atoms in total. The largest absolute Gasteiger partial charge is 0.459 e. The predicted octanol–water partition coefficient (Wildman–Crippen LogP) is 12.5. The van der Waals surface area contributed by atoms with Crippen LogP contribution in [0.25, 0.3) is 10.8 Å². The number of aliphatic hydroxyl groups excluding tert-OH is 2. The van der Waals surface area contributed by atoms with Crippen LogP contribution in [-0.2, 0) is 25.7 Å². The molecule has 5 aliphatic rings. The van der Waals surface area contributed by atoms with Crippen LogP contribution in [0.4, 0.5) is 0 Å². The molecule has 69 heavy (non-hydrogen) atoms. The van der Waals surface area contributed by atoms with E-state index in [2.05, 4.69) is 84.5 Å². The van der Waals surface area contributed by atoms with Crippen LogP contribution in [0.3, 0.4) is 0 Å². The lowest BCUT2D eigenvalue weighted by atomic mass is 9.55. The highest BCUT2D eigenvalue weighted by Gasteiger charge is 2.65. The maximum Gasteiger partial charge on any atom is 0.239 e. The van der Waals surface area contributed by atoms with Gasteiger partial charge in [0.25, 0.3) is 0 Å². The molecular formula is C58H72N2O8S. The molecule has 9 rings (SSSR count). The lowest BCUT2D eigenvalue weighted by Gasteiger charge is -2.60. The van der Waals surface area contributed by atoms with Gasteiger partial charge in [0.05, 0.1) is 24.8 Å². The molecule has 2 saturated carbocycles. The summed E-state index contributed by atoms with van der Waals surface area (Å²) in [6.07, 6.45) is 19.7. The summed E-state index contributed by atoms with van der Waals surface area (Å²) in [5.41, 5.74) is 3.87. The Morgan fingerprint density at radius 1 is 0.899 bits per heavy atom. The molecule has 1 saturated heterocycles. The van der Waals surface area contributed by atoms with Crippen LogP contribution >= 0.6 is 11.8 Å². The Balaban J connectivity index is 1.24. The van der Waals surface area contributed by atoms with E-state index in [1.165, 1.54) is 12.8 Å². The number of aliphatic hydroxyl groups is 2. The van der Waals surface area contributed by atoms with Gasteiger partial charge in [-0.15, -0.1) is 18.3 Å². The smallest absolute Gasteiger partial charge is 0.239 e. The van der Waals surface area contributed by atoms with Gasteiger partial charge in [0.1, 0.15) is 23.3 Å². The van der Waals surface area contributed by atoms with Crippen molar-refractivity contribution in [1.82, 2.24) is 4.90 Å². The molecule has 0 radical (unpaired) electrons. The number of ether oxygens (including phenoxy) is 4. The predicted molar refractivity (Wildman–Crippen MR) is 274 cm³/mol. The molecule has 1 unspecified atom stereocenters. The van der Waals surface area contributed by atoms with Gasteiger partial charge in [-0.3, -0.25) is 4.79 Å². The number of thioether (sulfide) groups is 1. The summed E-state index contributed by atoms with van der Waals surface area (Å²) in [6, 6.07) is 28.5. The number of oxime groups is 1. The van der Waals surface area contributed by atoms with Crippen LogP contribution in [0.5, 0.6) is 17.2 Å². The Bertz CT molecular complexity index is 2400. The molecular weight excluding hydrogens is 885 g/mol. The molecule has 2 N–H and O–H groups in total. The van der Waals surface area contributed by atoms with Crippen molar-refractivity contribution in [1.29, 1.82) is 0 Å². The van der Waals surface area contributed by atoms with Gasteiger partial charge < -0.3 is 38.9 Å². The van der Waals surface area contributed by atoms with E-state index >= 15 is 4.79 Å². The summed E-state index contributed by atoms with van der Waals surface area (Å²) in [5, 5.41) is 27.5. The number of allylic oxidation sites excluding steroid dienone is 1. The summed E-state index contributed by atoms with van der Waals surface area (Å²) in [4.78, 5) is 25.2. The third-order valence-electron chi connectivity index (χ3n) is 15.5. The van der Waals surface area contributed by atoms with E-state index in [0.717, 1.165) is 108 Å². The minimum absolute atomic E-state index is 0.0732. The van der Waals surface area contributed by atoms with Crippen molar-refractivity contribution >= 4 is 34.2 Å². The average Bonchev–Trinajstić information content (AvgIpc) is 3.92. The third kappa shape index (κ3) is 11.1. The number of amides is 1. The first-order valence-corrected chi connectivity index (χ1v) is 27.1. The molecule has 368 valence electrons. The first-order valence-electron chi connectivity index (χ1n) is 25.9. The topological polar surface area (TPSA) is 119 Å². The fourth-order valence-corrected chi connectivity index (χ4v) is 12.6. The van der Waals surface area contributed by atoms with Gasteiger partial charge in [-0.25, -0.2) is 0 Å². The summed E-state index contributed by atoms with van der Waals surface area (Å²) in [7, 11) is 0. The molecule has 4 aromatic carbocycles. The quantitative estimate of drug-likeness (QED) is 0.0343. The van der Waals surface area contributed by atoms with Crippen molar-refractivity contribution in [2.45, 2.75) is 138 Å². The van der Waals surface area contributed by atoms with Gasteiger partial charge in [0.15, 0.2) is 0 Å². The molecule has 11 heteroatoms. The van der Waals surface area contributed by atoms with Crippen LogP contribution in [0.2, 0.25) is 0 Å². The molecule has 2 aliphatic heterocycles. The summed E-state index contributed by atoms with van der Waals surface area (Å²) in [5.74, 6) is 0.968. The molecule has 0 spiro atoms. The Morgan fingerprint density at radius 3 is 2.43 bits per heavy atom. The fraction of sp³-hybridized carbons (Fsp3) is 0.517. The van der Waals surface area contributed by atoms with E-state index in [0.29, 0.717) is 56.3 Å². The van der Waals surface area contributed by atoms with Gasteiger partial charge in [0.2, 0.25) is 18.0 Å². The number of carbonyl (C=O) groups excluding carboxylic acids is 1. The zero-order valence-electron chi connectivity index (χ0n) is 40.5. The van der Waals surface area contributed by atoms with Crippen molar-refractivity contribution in [3.05, 3.63) is 120 Å². The average molecular weight is 957 g/mol. The van der Waals surface area contributed by atoms with Crippen molar-refractivity contribution < 1.29 is 38.8 Å². The number of fused-ring (bicyclic) bond motifs is 3. The monoisotopic (exact) mass is 957 g/mol. The summed E-state index contributed by atoms with van der Waals surface area (Å²) >= 11 is 1.69. The Labute approximate surface area is 413 Å². The van der Waals surface area contributed by atoms with Crippen molar-refractivity contribution in [2.24, 2.45) is 28.8 Å². The van der Waals surface area contributed by atoms with E-state index in [9.17, 15) is 10.2 Å². The van der Waals surface area contributed by atoms with Crippen LogP contribution in [-0.4, -0.2) is 77.5 Å². The Morgan fingerprint density at radius 2 is 1.67 bits per heavy atom. The molecule has 7 atom stereocenters. The Kier molecular flexibility index (Phi) is 16.8. The normalized spacial score (nSPS) is 25.9. The maximum atomic E-state index is 15.6. The second kappa shape index (κ2) is 23.5. The lowest BCUT2D eigenvalue weighted by Crippen LogP contribution is -2.70. The minimum atomic E-state index is -1.37. The van der Waals surface area contributed by atoms with Gasteiger partial charge in [-0.05, 0) is 133 Å². The lowest BCUT2D eigenvalue weighted by molar-refractivity contribution is -0.258. The molecule has 0 bridgehead atoms. The highest BCUT2D eigenvalue weighted by atomic mass is 32.2. The molecule has 0 aromatic heterocycles. The number of benzene rings is 4. The van der Waals surface area contributed by atoms with Gasteiger partial charge in [-0.1, -0.05) is 98.3 Å². The van der Waals surface area contributed by atoms with E-state index in [-0.39, 0.29) is 43.5 Å². The van der Waals surface area contributed by atoms with Crippen LogP contribution in [0.15, 0.2) is 119 Å². The van der Waals surface area contributed by atoms with Crippen LogP contribution < -0.4 is 9.47 Å². The van der Waals surface area contributed by atoms with Crippen molar-refractivity contribution in [3.63, 3.8) is 0 Å². The highest BCUT2D eigenvalue weighted by Crippen LogP contribution is 2.62. The molecule has 4 aromatic rings. The van der Waals surface area contributed by atoms with E-state index in [1.807, 2.05) is 24.3 Å². The number of unbranched alkanes of at least 4 members (excludes halogenated alkanes) is 2. The third-order valence-corrected chi connectivity index (χ3v) is 16.3. The molecule has 1 amide bonds. The Hall–Kier alpha value is -4.65. The van der Waals surface area contributed by atoms with Crippen molar-refractivity contribution in [2.75, 3.05) is 32.7 Å². The standard InChI is InChI=1S/C58H72N2O8S/c1-3-34-65-58-53(60(54(63)31-24-40-15-4-5-16-40)39-43-20-14-19-41-17-6-7-21-47(41)43)38-51(59-68-55-23-10-13-35-64-55)49-36-42(18-8-11-32-61)48(22-9-12-33-62)56(57(49)58)50-37-45(27-30-52(50)67-58)66-44-25-28-46(69-2)29-26-44/h3,6-7,14,17,19-21,25-30,36-37,40,42,48,53,55-57,61-62H,1,4-5,8-13,15-16,18,22-24,31-35,38-39H2,2H3/t42-,48+,53-,55?,56+,57+,58+/m0/s1. The zero-order chi connectivity index (χ0) is 47.6. The number of hydrogen-bond acceptors (Lipinski definition) is 10. The van der Waals surface area contributed by atoms with E-state index < -0.39 is 24.0 Å². The van der Waals surface area contributed by atoms with E-state index in [4.69, 9.17) is 28.9 Å². The summed E-state index contributed by atoms with van der Waals surface area (Å²) < 4.78 is 27.8. The second-order valence-electron chi connectivity index (χ2n) is 19.8. The molecule has 3 fully saturated rings. The minimum Gasteiger partial charge on any atom is -0.459 e. The van der Waals surface area contributed by atoms with Crippen molar-refractivity contribution in [3.8, 4) is 17.2 Å². The van der Waals surface area contributed by atoms with E-state index in [1.54, 1.807) is 17.8 Å². The molecule has 3 aliphatic carbocycles. The van der Waals surface area contributed by atoms with Crippen LogP contribution in [0, 0.1) is 23.7 Å². The van der Waals surface area contributed by atoms with Gasteiger partial charge in [-0.2, -0.15) is 0 Å². The highest BCUT2D eigenvalue weighted by molar-refractivity contribution is 7.98. The zero-order valence-corrected chi connectivity index (χ0v) is 41.3. The second-order valence-corrected chi connectivity index (χ2v) is 20.7. The van der Waals surface area contributed by atoms with Crippen LogP contribution in [0.1, 0.15) is 120 Å². The number of hydrogen-bond donors (Lipinski definition) is 2. The van der Waals surface area contributed by atoms with Gasteiger partial charge >= 0.3 is 0 Å². The maximum absolute atomic E-state index is 15.6. The SMILES string of the molecule is C=CCO[C@@]12Oc3ccc(Oc4ccc(SC)cc4)cc3[C@H]3[C@H](CCCCO)[C@@H](CCCCO)C=C(C(=NOC4CCCCO4)C[C@@H]1N(Cc1cccc4ccccc14)C(=O)CCC1CCCC1)[C@H]32. The number of nitrogens with zero attached hydrogens (tertiary/aromatic N) is 2. The fourth-order valence-electron chi connectivity index (χ4n) is 12.2. The first-order chi connectivity index (χ1) is 33.9.